The van der Waals surface area contributed by atoms with Crippen LogP contribution in [0.1, 0.15) is 15.9 Å². The molecule has 2 rings (SSSR count). The average molecular weight is 346 g/mol. The molecule has 0 radical (unpaired) electrons. The van der Waals surface area contributed by atoms with Crippen molar-refractivity contribution >= 4 is 12.0 Å². The van der Waals surface area contributed by atoms with Crippen LogP contribution in [0.5, 0.6) is 11.5 Å². The van der Waals surface area contributed by atoms with Crippen LogP contribution in [0.4, 0.5) is 4.79 Å². The molecule has 0 aliphatic heterocycles. The Bertz CT molecular complexity index is 764. The number of hydrogen-bond acceptors (Lipinski definition) is 5. The number of ether oxygens (including phenoxy) is 1. The van der Waals surface area contributed by atoms with Crippen molar-refractivity contribution in [1.82, 2.24) is 10.6 Å². The summed E-state index contributed by atoms with van der Waals surface area (Å²) in [6, 6.07) is 7.81. The van der Waals surface area contributed by atoms with Crippen LogP contribution in [-0.4, -0.2) is 35.8 Å². The molecular weight excluding hydrogens is 326 g/mol. The van der Waals surface area contributed by atoms with Gasteiger partial charge < -0.3 is 25.6 Å². The number of phenols is 2. The van der Waals surface area contributed by atoms with Gasteiger partial charge in [-0.05, 0) is 30.2 Å². The molecule has 1 aromatic heterocycles. The number of aromatic nitrogens is 1. The summed E-state index contributed by atoms with van der Waals surface area (Å²) < 4.78 is 6.64. The number of carbonyl (C=O) groups is 2. The third-order valence-electron chi connectivity index (χ3n) is 3.42. The van der Waals surface area contributed by atoms with Crippen molar-refractivity contribution < 1.29 is 29.1 Å². The van der Waals surface area contributed by atoms with Gasteiger partial charge >= 0.3 is 6.09 Å². The van der Waals surface area contributed by atoms with Crippen molar-refractivity contribution in [2.75, 3.05) is 13.6 Å². The average Bonchev–Trinajstić information content (AvgIpc) is 2.62. The zero-order chi connectivity index (χ0) is 18.2. The van der Waals surface area contributed by atoms with Gasteiger partial charge in [-0.2, -0.15) is 4.57 Å². The smallest absolute Gasteiger partial charge is 0.412 e. The molecule has 0 saturated carbocycles. The molecule has 1 heterocycles. The number of aromatic hydroxyl groups is 2. The molecule has 0 aliphatic rings. The second kappa shape index (κ2) is 8.53. The molecule has 2 aromatic rings. The first-order valence-electron chi connectivity index (χ1n) is 7.62. The van der Waals surface area contributed by atoms with Crippen molar-refractivity contribution in [1.29, 1.82) is 0 Å². The van der Waals surface area contributed by atoms with Crippen LogP contribution in [0.3, 0.4) is 0 Å². The van der Waals surface area contributed by atoms with Crippen molar-refractivity contribution in [3.8, 4) is 11.5 Å². The van der Waals surface area contributed by atoms with E-state index >= 15 is 0 Å². The molecular formula is C17H20N3O5+. The largest absolute Gasteiger partial charge is 0.504 e. The zero-order valence-corrected chi connectivity index (χ0v) is 13.7. The van der Waals surface area contributed by atoms with Gasteiger partial charge in [0.25, 0.3) is 12.6 Å². The lowest BCUT2D eigenvalue weighted by Crippen LogP contribution is -2.39. The predicted octanol–water partition coefficient (Wildman–Crippen LogP) is 0.671. The molecule has 132 valence electrons. The van der Waals surface area contributed by atoms with Gasteiger partial charge in [0, 0.05) is 19.7 Å². The molecule has 2 amide bonds. The molecule has 0 atom stereocenters. The van der Waals surface area contributed by atoms with Crippen LogP contribution in [0.25, 0.3) is 0 Å². The number of carbonyl (C=O) groups excluding carboxylic acids is 2. The Morgan fingerprint density at radius 1 is 1.20 bits per heavy atom. The van der Waals surface area contributed by atoms with E-state index in [2.05, 4.69) is 10.6 Å². The second-order valence-corrected chi connectivity index (χ2v) is 5.25. The number of nitrogens with zero attached hydrogens (tertiary/aromatic N) is 1. The number of rotatable bonds is 6. The standard InChI is InChI=1S/C17H19N3O5/c1-18-16(23)13-3-2-8-20(10-13)11-25-17(24)19-7-6-12-4-5-14(21)15(22)9-12/h2-5,8-10H,6-7,11H2,1H3,(H3-,18,19,21,22,23,24)/p+1. The number of nitrogens with one attached hydrogen (secondary N) is 2. The van der Waals surface area contributed by atoms with Crippen LogP contribution in [0.15, 0.2) is 42.7 Å². The molecule has 1 aromatic carbocycles. The summed E-state index contributed by atoms with van der Waals surface area (Å²) in [5.41, 5.74) is 1.23. The van der Waals surface area contributed by atoms with E-state index in [1.54, 1.807) is 35.2 Å². The second-order valence-electron chi connectivity index (χ2n) is 5.25. The van der Waals surface area contributed by atoms with Crippen LogP contribution in [0.2, 0.25) is 0 Å². The molecule has 0 aliphatic carbocycles. The molecule has 4 N–H and O–H groups in total. The number of phenolic OH excluding ortho intramolecular Hbond substituents is 2. The lowest BCUT2D eigenvalue weighted by atomic mass is 10.1. The topological polar surface area (TPSA) is 112 Å². The van der Waals surface area contributed by atoms with Gasteiger partial charge in [-0.1, -0.05) is 6.07 Å². The fourth-order valence-corrected chi connectivity index (χ4v) is 2.10. The summed E-state index contributed by atoms with van der Waals surface area (Å²) in [5.74, 6) is -0.615. The van der Waals surface area contributed by atoms with Gasteiger partial charge in [0.15, 0.2) is 23.9 Å². The fourth-order valence-electron chi connectivity index (χ4n) is 2.10. The maximum atomic E-state index is 11.7. The summed E-state index contributed by atoms with van der Waals surface area (Å²) in [5, 5.41) is 23.7. The van der Waals surface area contributed by atoms with Gasteiger partial charge in [-0.15, -0.1) is 0 Å². The highest BCUT2D eigenvalue weighted by molar-refractivity contribution is 5.93. The Morgan fingerprint density at radius 3 is 2.72 bits per heavy atom. The Kier molecular flexibility index (Phi) is 6.16. The molecule has 8 heteroatoms. The summed E-state index contributed by atoms with van der Waals surface area (Å²) in [7, 11) is 1.54. The number of pyridine rings is 1. The summed E-state index contributed by atoms with van der Waals surface area (Å²) in [6.45, 7) is 0.280. The molecule has 25 heavy (non-hydrogen) atoms. The van der Waals surface area contributed by atoms with Crippen molar-refractivity contribution in [2.45, 2.75) is 13.2 Å². The van der Waals surface area contributed by atoms with Gasteiger partial charge in [0.1, 0.15) is 5.56 Å². The van der Waals surface area contributed by atoms with E-state index in [4.69, 9.17) is 4.74 Å². The van der Waals surface area contributed by atoms with Crippen LogP contribution >= 0.6 is 0 Å². The third kappa shape index (κ3) is 5.38. The molecule has 0 bridgehead atoms. The minimum atomic E-state index is -0.596. The van der Waals surface area contributed by atoms with E-state index in [0.29, 0.717) is 18.5 Å². The van der Waals surface area contributed by atoms with E-state index in [-0.39, 0.29) is 24.1 Å². The van der Waals surface area contributed by atoms with Crippen molar-refractivity contribution in [3.63, 3.8) is 0 Å². The van der Waals surface area contributed by atoms with Crippen molar-refractivity contribution in [3.05, 3.63) is 53.9 Å². The number of alkyl carbamates (subject to hydrolysis) is 1. The Balaban J connectivity index is 1.77. The van der Waals surface area contributed by atoms with E-state index in [1.807, 2.05) is 0 Å². The molecule has 0 spiro atoms. The third-order valence-corrected chi connectivity index (χ3v) is 3.42. The SMILES string of the molecule is CNC(=O)c1ccc[n+](COC(=O)NCCc2ccc(O)c(O)c2)c1. The van der Waals surface area contributed by atoms with Crippen LogP contribution < -0.4 is 15.2 Å². The Morgan fingerprint density at radius 2 is 2.00 bits per heavy atom. The lowest BCUT2D eigenvalue weighted by Gasteiger charge is -2.06. The van der Waals surface area contributed by atoms with Gasteiger partial charge in [0.2, 0.25) is 0 Å². The Hall–Kier alpha value is -3.29. The minimum Gasteiger partial charge on any atom is -0.504 e. The molecule has 0 saturated heterocycles. The first kappa shape index (κ1) is 18.1. The van der Waals surface area contributed by atoms with Crippen molar-refractivity contribution in [2.24, 2.45) is 0 Å². The molecule has 0 fully saturated rings. The minimum absolute atomic E-state index is 0.0311. The van der Waals surface area contributed by atoms with E-state index in [0.717, 1.165) is 5.56 Å². The maximum Gasteiger partial charge on any atom is 0.412 e. The van der Waals surface area contributed by atoms with Gasteiger partial charge in [-0.25, -0.2) is 4.79 Å². The summed E-state index contributed by atoms with van der Waals surface area (Å²) in [4.78, 5) is 23.2. The van der Waals surface area contributed by atoms with E-state index in [1.165, 1.54) is 19.2 Å². The Labute approximate surface area is 144 Å². The number of amides is 2. The normalized spacial score (nSPS) is 10.1. The molecule has 8 nitrogen and oxygen atoms in total. The van der Waals surface area contributed by atoms with Gasteiger partial charge in [0.05, 0.1) is 0 Å². The fraction of sp³-hybridized carbons (Fsp3) is 0.235. The van der Waals surface area contributed by atoms with Gasteiger partial charge in [-0.3, -0.25) is 4.79 Å². The quantitative estimate of drug-likeness (QED) is 0.454. The first-order valence-corrected chi connectivity index (χ1v) is 7.62. The highest BCUT2D eigenvalue weighted by Gasteiger charge is 2.11. The number of hydrogen-bond donors (Lipinski definition) is 4. The zero-order valence-electron chi connectivity index (χ0n) is 13.7. The molecule has 0 unspecified atom stereocenters. The first-order chi connectivity index (χ1) is 12.0. The van der Waals surface area contributed by atoms with Crippen LogP contribution in [-0.2, 0) is 17.9 Å². The predicted molar refractivity (Wildman–Crippen MR) is 88.0 cm³/mol. The monoisotopic (exact) mass is 346 g/mol. The van der Waals surface area contributed by atoms with E-state index in [9.17, 15) is 19.8 Å². The summed E-state index contributed by atoms with van der Waals surface area (Å²) >= 11 is 0. The lowest BCUT2D eigenvalue weighted by molar-refractivity contribution is -0.727. The van der Waals surface area contributed by atoms with E-state index < -0.39 is 6.09 Å². The highest BCUT2D eigenvalue weighted by Crippen LogP contribution is 2.24. The maximum absolute atomic E-state index is 11.7. The number of benzene rings is 1. The summed E-state index contributed by atoms with van der Waals surface area (Å²) in [6.07, 6.45) is 3.13. The highest BCUT2D eigenvalue weighted by atomic mass is 16.6. The van der Waals surface area contributed by atoms with Crippen LogP contribution in [0, 0.1) is 0 Å².